The molecule has 2 aliphatic heterocycles. The summed E-state index contributed by atoms with van der Waals surface area (Å²) in [7, 11) is 0. The Morgan fingerprint density at radius 1 is 0.737 bits per heavy atom. The van der Waals surface area contributed by atoms with Gasteiger partial charge in [-0.2, -0.15) is 4.98 Å². The number of hydrogen-bond donors (Lipinski definition) is 1. The van der Waals surface area contributed by atoms with Gasteiger partial charge in [0.05, 0.1) is 11.0 Å². The first-order valence-corrected chi connectivity index (χ1v) is 14.7. The van der Waals surface area contributed by atoms with E-state index >= 15 is 0 Å². The Hall–Kier alpha value is -3.00. The molecule has 38 heavy (non-hydrogen) atoms. The van der Waals surface area contributed by atoms with Crippen molar-refractivity contribution in [2.24, 2.45) is 11.8 Å². The number of benzene rings is 1. The number of nitrogen functional groups attached to an aromatic ring is 1. The number of para-hydroxylation sites is 2. The number of hydrogen-bond acceptors (Lipinski definition) is 6. The molecule has 2 aromatic heterocycles. The summed E-state index contributed by atoms with van der Waals surface area (Å²) < 4.78 is 3.19. The summed E-state index contributed by atoms with van der Waals surface area (Å²) in [6.07, 6.45) is 17.0. The zero-order valence-electron chi connectivity index (χ0n) is 22.0. The highest BCUT2D eigenvalue weighted by molar-refractivity contribution is 5.75. The van der Waals surface area contributed by atoms with E-state index in [0.29, 0.717) is 18.1 Å². The fourth-order valence-corrected chi connectivity index (χ4v) is 8.54. The third-order valence-electron chi connectivity index (χ3n) is 9.98. The number of piperidine rings is 2. The zero-order valence-corrected chi connectivity index (χ0v) is 22.0. The molecule has 2 N–H and O–H groups in total. The molecule has 2 saturated heterocycles. The molecule has 200 valence electrons. The van der Waals surface area contributed by atoms with E-state index in [0.717, 1.165) is 35.7 Å². The van der Waals surface area contributed by atoms with Crippen LogP contribution in [0.1, 0.15) is 83.1 Å². The highest BCUT2D eigenvalue weighted by Gasteiger charge is 2.45. The van der Waals surface area contributed by atoms with Gasteiger partial charge < -0.3 is 10.3 Å². The normalized spacial score (nSPS) is 31.7. The highest BCUT2D eigenvalue weighted by atomic mass is 16.2. The number of nitrogens with zero attached hydrogens (tertiary/aromatic N) is 5. The third kappa shape index (κ3) is 4.17. The number of aromatic nitrogens is 4. The van der Waals surface area contributed by atoms with Crippen molar-refractivity contribution in [3.05, 3.63) is 57.4 Å². The second kappa shape index (κ2) is 9.63. The first kappa shape index (κ1) is 24.1. The molecule has 4 aliphatic rings. The Kier molecular flexibility index (Phi) is 6.10. The van der Waals surface area contributed by atoms with Crippen LogP contribution in [0, 0.1) is 11.8 Å². The molecule has 8 nitrogen and oxygen atoms in total. The van der Waals surface area contributed by atoms with E-state index in [4.69, 9.17) is 5.73 Å². The zero-order chi connectivity index (χ0) is 25.8. The lowest BCUT2D eigenvalue weighted by Gasteiger charge is -2.54. The Morgan fingerprint density at radius 2 is 1.45 bits per heavy atom. The molecule has 4 fully saturated rings. The summed E-state index contributed by atoms with van der Waals surface area (Å²) in [5.74, 6) is 2.04. The second-order valence-electron chi connectivity index (χ2n) is 12.3. The van der Waals surface area contributed by atoms with Gasteiger partial charge in [-0.3, -0.25) is 9.69 Å². The average Bonchev–Trinajstić information content (AvgIpc) is 3.07. The maximum Gasteiger partial charge on any atom is 0.355 e. The maximum atomic E-state index is 14.1. The number of rotatable bonds is 3. The van der Waals surface area contributed by atoms with E-state index in [1.807, 2.05) is 28.8 Å². The molecule has 4 bridgehead atoms. The molecular formula is C30H38N6O2. The smallest absolute Gasteiger partial charge is 0.355 e. The summed E-state index contributed by atoms with van der Waals surface area (Å²) in [5.41, 5.74) is 6.47. The van der Waals surface area contributed by atoms with E-state index < -0.39 is 5.69 Å². The fourth-order valence-electron chi connectivity index (χ4n) is 8.54. The van der Waals surface area contributed by atoms with E-state index in [9.17, 15) is 9.59 Å². The van der Waals surface area contributed by atoms with Gasteiger partial charge in [0.25, 0.3) is 5.56 Å². The molecule has 3 aromatic rings. The van der Waals surface area contributed by atoms with Crippen LogP contribution in [0.5, 0.6) is 0 Å². The van der Waals surface area contributed by atoms with Crippen molar-refractivity contribution in [3.8, 4) is 5.82 Å². The third-order valence-corrected chi connectivity index (χ3v) is 9.98. The summed E-state index contributed by atoms with van der Waals surface area (Å²) in [4.78, 5) is 38.1. The van der Waals surface area contributed by atoms with Crippen molar-refractivity contribution in [2.75, 3.05) is 5.73 Å². The molecule has 0 spiro atoms. The molecule has 0 amide bonds. The molecule has 0 radical (unpaired) electrons. The second-order valence-corrected chi connectivity index (χ2v) is 12.3. The van der Waals surface area contributed by atoms with Crippen molar-refractivity contribution < 1.29 is 0 Å². The van der Waals surface area contributed by atoms with Crippen LogP contribution in [-0.4, -0.2) is 42.1 Å². The van der Waals surface area contributed by atoms with Crippen molar-refractivity contribution in [2.45, 2.75) is 101 Å². The van der Waals surface area contributed by atoms with Gasteiger partial charge in [0, 0.05) is 30.4 Å². The molecule has 8 heteroatoms. The van der Waals surface area contributed by atoms with Gasteiger partial charge in [0.15, 0.2) is 0 Å². The lowest BCUT2D eigenvalue weighted by molar-refractivity contribution is -0.0420. The van der Waals surface area contributed by atoms with Crippen LogP contribution in [0.4, 0.5) is 5.82 Å². The molecule has 2 saturated carbocycles. The van der Waals surface area contributed by atoms with E-state index in [2.05, 4.69) is 14.9 Å². The minimum atomic E-state index is -0.582. The minimum absolute atomic E-state index is 0.0870. The van der Waals surface area contributed by atoms with Crippen LogP contribution in [0.3, 0.4) is 0 Å². The molecule has 6 atom stereocenters. The van der Waals surface area contributed by atoms with Crippen LogP contribution in [0.15, 0.2) is 46.1 Å². The molecule has 1 aromatic carbocycles. The minimum Gasteiger partial charge on any atom is -0.383 e. The summed E-state index contributed by atoms with van der Waals surface area (Å²) >= 11 is 0. The van der Waals surface area contributed by atoms with Crippen LogP contribution in [-0.2, 0) is 0 Å². The van der Waals surface area contributed by atoms with Gasteiger partial charge in [-0.25, -0.2) is 14.3 Å². The molecule has 4 heterocycles. The van der Waals surface area contributed by atoms with Gasteiger partial charge in [-0.15, -0.1) is 0 Å². The molecular weight excluding hydrogens is 476 g/mol. The van der Waals surface area contributed by atoms with Crippen LogP contribution >= 0.6 is 0 Å². The largest absolute Gasteiger partial charge is 0.383 e. The lowest BCUT2D eigenvalue weighted by Crippen LogP contribution is -2.58. The van der Waals surface area contributed by atoms with Crippen molar-refractivity contribution >= 4 is 16.9 Å². The number of fused-ring (bicyclic) bond motifs is 5. The number of nitrogens with two attached hydrogens (primary N) is 1. The number of anilines is 1. The fraction of sp³-hybridized carbons (Fsp3) is 0.600. The Morgan fingerprint density at radius 3 is 2.16 bits per heavy atom. The maximum absolute atomic E-state index is 14.1. The first-order valence-electron chi connectivity index (χ1n) is 14.7. The van der Waals surface area contributed by atoms with Gasteiger partial charge in [-0.05, 0) is 75.0 Å². The predicted octanol–water partition coefficient (Wildman–Crippen LogP) is 4.44. The van der Waals surface area contributed by atoms with Gasteiger partial charge in [0.2, 0.25) is 5.82 Å². The van der Waals surface area contributed by atoms with Crippen molar-refractivity contribution in [1.82, 2.24) is 24.0 Å². The van der Waals surface area contributed by atoms with Crippen LogP contribution in [0.2, 0.25) is 0 Å². The van der Waals surface area contributed by atoms with Crippen molar-refractivity contribution in [3.63, 3.8) is 0 Å². The Bertz CT molecular complexity index is 1440. The monoisotopic (exact) mass is 514 g/mol. The lowest BCUT2D eigenvalue weighted by atomic mass is 9.73. The summed E-state index contributed by atoms with van der Waals surface area (Å²) in [5, 5.41) is 0. The summed E-state index contributed by atoms with van der Waals surface area (Å²) in [6.45, 7) is 0. The van der Waals surface area contributed by atoms with Crippen LogP contribution in [0.25, 0.3) is 16.9 Å². The molecule has 0 unspecified atom stereocenters. The molecule has 7 rings (SSSR count). The molecule has 2 aliphatic carbocycles. The van der Waals surface area contributed by atoms with E-state index in [1.54, 1.807) is 0 Å². The van der Waals surface area contributed by atoms with Crippen LogP contribution < -0.4 is 17.0 Å². The quantitative estimate of drug-likeness (QED) is 0.555. The van der Waals surface area contributed by atoms with E-state index in [-0.39, 0.29) is 23.2 Å². The Balaban J connectivity index is 1.26. The standard InChI is InChI=1S/C30H38N6O2/c31-27-12-13-34(30(38)33-27)28-29(37)36(26-11-4-3-10-25(26)32-28)24-17-21-8-5-9-22(18-24)35(21)23-15-19-6-1-2-7-20(14-19)16-23/h3-4,10-13,19-24H,1-2,5-9,14-18H2,(H2,31,33,38)/t19-,20+,21-,22+,23-,24+. The highest BCUT2D eigenvalue weighted by Crippen LogP contribution is 2.47. The van der Waals surface area contributed by atoms with Gasteiger partial charge in [-0.1, -0.05) is 44.2 Å². The summed E-state index contributed by atoms with van der Waals surface area (Å²) in [6, 6.07) is 11.2. The first-order chi connectivity index (χ1) is 18.5. The Labute approximate surface area is 222 Å². The van der Waals surface area contributed by atoms with Gasteiger partial charge in [0.1, 0.15) is 5.82 Å². The SMILES string of the molecule is Nc1ccn(-c2nc3ccccc3n([C@H]3C[C@H]4CCC[C@@H](C3)N4[C@@H]3C[C@@H]4CCCC[C@@H](C4)C3)c2=O)c(=O)n1. The predicted molar refractivity (Wildman–Crippen MR) is 148 cm³/mol. The van der Waals surface area contributed by atoms with E-state index in [1.165, 1.54) is 81.0 Å². The van der Waals surface area contributed by atoms with Gasteiger partial charge >= 0.3 is 5.69 Å². The van der Waals surface area contributed by atoms with Crippen molar-refractivity contribution in [1.29, 1.82) is 0 Å². The average molecular weight is 515 g/mol. The topological polar surface area (TPSA) is 99.0 Å².